The van der Waals surface area contributed by atoms with Gasteiger partial charge in [0, 0.05) is 0 Å². The highest BCUT2D eigenvalue weighted by Crippen LogP contribution is 2.61. The number of phosphoric acid groups is 1. The SMILES string of the molecule is CCCCC(CCCC)[Si](C)(C)OP(=O)(O[Si](C)(C)C(CCCC)CCCC)O[Si](C)(C)C(CCCC)CCCC. The van der Waals surface area contributed by atoms with Gasteiger partial charge in [0.1, 0.15) is 0 Å². The van der Waals surface area contributed by atoms with E-state index in [4.69, 9.17) is 12.6 Å². The van der Waals surface area contributed by atoms with Crippen LogP contribution in [0, 0.1) is 0 Å². The van der Waals surface area contributed by atoms with Gasteiger partial charge in [-0.25, -0.2) is 4.57 Å². The Balaban J connectivity index is 6.54. The molecule has 0 saturated carbocycles. The third-order valence-electron chi connectivity index (χ3n) is 9.43. The second kappa shape index (κ2) is 21.5. The molecule has 0 radical (unpaired) electrons. The van der Waals surface area contributed by atoms with Crippen LogP contribution in [0.15, 0.2) is 0 Å². The van der Waals surface area contributed by atoms with Crippen LogP contribution in [0.5, 0.6) is 0 Å². The highest BCUT2D eigenvalue weighted by Gasteiger charge is 2.50. The first kappa shape index (κ1) is 41.8. The summed E-state index contributed by atoms with van der Waals surface area (Å²) in [7, 11) is -10.9. The van der Waals surface area contributed by atoms with E-state index in [9.17, 15) is 0 Å². The Hall–Kier alpha value is 0.761. The van der Waals surface area contributed by atoms with Gasteiger partial charge in [-0.15, -0.1) is 0 Å². The average Bonchev–Trinajstić information content (AvgIpc) is 2.87. The third-order valence-corrected chi connectivity index (χ3v) is 25.4. The van der Waals surface area contributed by atoms with Gasteiger partial charge in [0.05, 0.1) is 0 Å². The molecule has 0 spiro atoms. The Labute approximate surface area is 262 Å². The van der Waals surface area contributed by atoms with Crippen molar-refractivity contribution in [2.45, 2.75) is 213 Å². The molecule has 41 heavy (non-hydrogen) atoms. The molecule has 0 aliphatic carbocycles. The molecule has 0 heterocycles. The first-order chi connectivity index (χ1) is 19.2. The van der Waals surface area contributed by atoms with Gasteiger partial charge in [-0.2, -0.15) is 0 Å². The maximum atomic E-state index is 15.3. The monoisotopic (exact) mass is 650 g/mol. The van der Waals surface area contributed by atoms with Crippen molar-refractivity contribution in [2.75, 3.05) is 0 Å². The molecule has 0 aromatic carbocycles. The minimum absolute atomic E-state index is 0.476. The molecule has 0 N–H and O–H groups in total. The Kier molecular flexibility index (Phi) is 21.9. The lowest BCUT2D eigenvalue weighted by Crippen LogP contribution is -2.44. The zero-order valence-electron chi connectivity index (χ0n) is 30.0. The van der Waals surface area contributed by atoms with E-state index >= 15 is 4.57 Å². The topological polar surface area (TPSA) is 44.8 Å². The van der Waals surface area contributed by atoms with Gasteiger partial charge in [0.15, 0.2) is 0 Å². The molecule has 4 nitrogen and oxygen atoms in total. The summed E-state index contributed by atoms with van der Waals surface area (Å²) in [6.45, 7) is 27.4. The molecule has 0 atom stereocenters. The van der Waals surface area contributed by atoms with Gasteiger partial charge >= 0.3 is 7.82 Å². The van der Waals surface area contributed by atoms with E-state index in [1.54, 1.807) is 0 Å². The van der Waals surface area contributed by atoms with Crippen molar-refractivity contribution >= 4 is 32.8 Å². The minimum atomic E-state index is -3.75. The molecule has 0 unspecified atom stereocenters. The van der Waals surface area contributed by atoms with Gasteiger partial charge in [-0.1, -0.05) is 157 Å². The standard InChI is InChI=1S/C33H75O4PSi3/c1-13-19-25-31(26-20-14-2)39(7,8)35-38(34,36-40(9,10)32(27-21-15-3)28-22-16-4)37-41(11,12)33(29-23-17-5)30-24-18-6/h31-33H,13-30H2,1-12H3. The molecular formula is C33H75O4PSi3. The number of hydrogen-bond donors (Lipinski definition) is 0. The van der Waals surface area contributed by atoms with Gasteiger partial charge in [-0.05, 0) is 55.9 Å². The Morgan fingerprint density at radius 1 is 0.415 bits per heavy atom. The molecule has 0 saturated heterocycles. The van der Waals surface area contributed by atoms with Crippen LogP contribution in [0.3, 0.4) is 0 Å². The Morgan fingerprint density at radius 3 is 0.732 bits per heavy atom. The van der Waals surface area contributed by atoms with E-state index in [1.165, 1.54) is 77.0 Å². The highest BCUT2D eigenvalue weighted by molar-refractivity contribution is 7.53. The summed E-state index contributed by atoms with van der Waals surface area (Å²) in [5.41, 5.74) is 1.43. The van der Waals surface area contributed by atoms with E-state index in [0.717, 1.165) is 38.5 Å². The first-order valence-corrected chi connectivity index (χ1v) is 28.3. The lowest BCUT2D eigenvalue weighted by atomic mass is 10.1. The third kappa shape index (κ3) is 16.6. The second-order valence-electron chi connectivity index (χ2n) is 14.5. The fraction of sp³-hybridized carbons (Fsp3) is 1.00. The maximum Gasteiger partial charge on any atom is 0.445 e. The fourth-order valence-electron chi connectivity index (χ4n) is 6.37. The van der Waals surface area contributed by atoms with E-state index in [0.29, 0.717) is 16.6 Å². The largest absolute Gasteiger partial charge is 0.445 e. The normalized spacial score (nSPS) is 13.7. The van der Waals surface area contributed by atoms with Crippen LogP contribution in [0.4, 0.5) is 0 Å². The highest BCUT2D eigenvalue weighted by atomic mass is 31.2. The number of hydrogen-bond acceptors (Lipinski definition) is 4. The van der Waals surface area contributed by atoms with Crippen LogP contribution in [0.2, 0.25) is 55.9 Å². The van der Waals surface area contributed by atoms with Crippen LogP contribution in [0.25, 0.3) is 0 Å². The summed E-state index contributed by atoms with van der Waals surface area (Å²) < 4.78 is 36.2. The summed E-state index contributed by atoms with van der Waals surface area (Å²) in [5, 5.41) is 0. The van der Waals surface area contributed by atoms with Crippen molar-refractivity contribution in [1.29, 1.82) is 0 Å². The van der Waals surface area contributed by atoms with Gasteiger partial charge < -0.3 is 12.6 Å². The molecule has 0 aromatic heterocycles. The molecule has 0 rings (SSSR count). The fourth-order valence-corrected chi connectivity index (χ4v) is 21.9. The van der Waals surface area contributed by atoms with Gasteiger partial charge in [0.2, 0.25) is 25.0 Å². The van der Waals surface area contributed by atoms with Crippen LogP contribution in [-0.2, 0) is 17.2 Å². The zero-order valence-corrected chi connectivity index (χ0v) is 33.9. The Morgan fingerprint density at radius 2 is 0.585 bits per heavy atom. The maximum absolute atomic E-state index is 15.3. The van der Waals surface area contributed by atoms with Gasteiger partial charge in [-0.3, -0.25) is 0 Å². The first-order valence-electron chi connectivity index (χ1n) is 17.9. The summed E-state index contributed by atoms with van der Waals surface area (Å²) in [6, 6.07) is 0. The molecule has 0 bridgehead atoms. The average molecular weight is 651 g/mol. The smallest absolute Gasteiger partial charge is 0.331 e. The molecule has 0 aliphatic rings. The van der Waals surface area contributed by atoms with Crippen LogP contribution >= 0.6 is 7.82 Å². The van der Waals surface area contributed by atoms with Crippen LogP contribution in [-0.4, -0.2) is 25.0 Å². The molecule has 0 aliphatic heterocycles. The summed E-state index contributed by atoms with van der Waals surface area (Å²) >= 11 is 0. The number of rotatable bonds is 27. The molecule has 248 valence electrons. The number of unbranched alkanes of at least 4 members (excludes halogenated alkanes) is 6. The van der Waals surface area contributed by atoms with E-state index in [2.05, 4.69) is 80.8 Å². The predicted octanol–water partition coefficient (Wildman–Crippen LogP) is 14.0. The molecule has 0 fully saturated rings. The van der Waals surface area contributed by atoms with Crippen molar-refractivity contribution in [2.24, 2.45) is 0 Å². The van der Waals surface area contributed by atoms with E-state index in [-0.39, 0.29) is 0 Å². The Bertz CT molecular complexity index is 588. The molecular weight excluding hydrogens is 576 g/mol. The lowest BCUT2D eigenvalue weighted by molar-refractivity contribution is 0.275. The minimum Gasteiger partial charge on any atom is -0.331 e. The molecule has 0 amide bonds. The van der Waals surface area contributed by atoms with E-state index < -0.39 is 32.8 Å². The van der Waals surface area contributed by atoms with Crippen LogP contribution in [0.1, 0.15) is 157 Å². The van der Waals surface area contributed by atoms with Crippen molar-refractivity contribution < 1.29 is 17.2 Å². The predicted molar refractivity (Wildman–Crippen MR) is 192 cm³/mol. The van der Waals surface area contributed by atoms with E-state index in [1.807, 2.05) is 0 Å². The summed E-state index contributed by atoms with van der Waals surface area (Å²) in [5.74, 6) is 0. The van der Waals surface area contributed by atoms with Crippen molar-refractivity contribution in [1.82, 2.24) is 0 Å². The quantitative estimate of drug-likeness (QED) is 0.0655. The van der Waals surface area contributed by atoms with Gasteiger partial charge in [0.25, 0.3) is 0 Å². The van der Waals surface area contributed by atoms with Crippen LogP contribution < -0.4 is 0 Å². The summed E-state index contributed by atoms with van der Waals surface area (Å²) in [4.78, 5) is 0. The lowest BCUT2D eigenvalue weighted by Gasteiger charge is -2.43. The van der Waals surface area contributed by atoms with Crippen molar-refractivity contribution in [3.8, 4) is 0 Å². The molecule has 0 aromatic rings. The summed E-state index contributed by atoms with van der Waals surface area (Å²) in [6.07, 6.45) is 21.3. The van der Waals surface area contributed by atoms with Crippen molar-refractivity contribution in [3.05, 3.63) is 0 Å². The molecule has 8 heteroatoms. The van der Waals surface area contributed by atoms with Crippen molar-refractivity contribution in [3.63, 3.8) is 0 Å². The second-order valence-corrected chi connectivity index (χ2v) is 29.6. The zero-order chi connectivity index (χ0) is 31.6.